The van der Waals surface area contributed by atoms with Gasteiger partial charge in [-0.25, -0.2) is 0 Å². The number of fused-ring (bicyclic) bond motifs is 8. The number of benzene rings is 9. The summed E-state index contributed by atoms with van der Waals surface area (Å²) in [6.07, 6.45) is 0. The van der Waals surface area contributed by atoms with Crippen molar-refractivity contribution < 1.29 is 0 Å². The highest BCUT2D eigenvalue weighted by Crippen LogP contribution is 2.67. The summed E-state index contributed by atoms with van der Waals surface area (Å²) in [5.41, 5.74) is 16.5. The van der Waals surface area contributed by atoms with Gasteiger partial charge in [-0.2, -0.15) is 0 Å². The normalized spacial score (nSPS) is 14.9. The van der Waals surface area contributed by atoms with Crippen molar-refractivity contribution in [1.82, 2.24) is 0 Å². The van der Waals surface area contributed by atoms with Gasteiger partial charge in [-0.1, -0.05) is 164 Å². The van der Waals surface area contributed by atoms with Gasteiger partial charge < -0.3 is 9.80 Å². The number of thiophene rings is 1. The monoisotopic (exact) mass is 756 g/mol. The Kier molecular flexibility index (Phi) is 7.35. The fraction of sp³-hybridized carbons (Fsp3) is 0.0182. The summed E-state index contributed by atoms with van der Waals surface area (Å²) in [6, 6.07) is 80.5. The summed E-state index contributed by atoms with van der Waals surface area (Å²) in [5.74, 6) is 0. The fourth-order valence-corrected chi connectivity index (χ4v) is 11.1. The van der Waals surface area contributed by atoms with E-state index >= 15 is 0 Å². The van der Waals surface area contributed by atoms with Crippen LogP contribution in [0.15, 0.2) is 218 Å². The van der Waals surface area contributed by atoms with Crippen LogP contribution >= 0.6 is 11.3 Å². The topological polar surface area (TPSA) is 6.48 Å². The molecule has 0 radical (unpaired) electrons. The van der Waals surface area contributed by atoms with Gasteiger partial charge in [-0.3, -0.25) is 0 Å². The first-order valence-corrected chi connectivity index (χ1v) is 20.8. The maximum atomic E-state index is 2.52. The summed E-state index contributed by atoms with van der Waals surface area (Å²) in [7, 11) is 0. The van der Waals surface area contributed by atoms with Crippen molar-refractivity contribution in [3.63, 3.8) is 0 Å². The largest absolute Gasteiger partial charge is 0.309 e. The van der Waals surface area contributed by atoms with E-state index in [0.717, 1.165) is 17.1 Å². The van der Waals surface area contributed by atoms with Crippen LogP contribution in [0.2, 0.25) is 0 Å². The minimum absolute atomic E-state index is 0.601. The summed E-state index contributed by atoms with van der Waals surface area (Å²) < 4.78 is 2.58. The molecule has 10 aromatic rings. The summed E-state index contributed by atoms with van der Waals surface area (Å²) in [6.45, 7) is 0. The minimum Gasteiger partial charge on any atom is -0.309 e. The van der Waals surface area contributed by atoms with Crippen LogP contribution < -0.4 is 9.80 Å². The molecule has 9 aromatic carbocycles. The lowest BCUT2D eigenvalue weighted by Crippen LogP contribution is -2.36. The Morgan fingerprint density at radius 1 is 0.448 bits per heavy atom. The highest BCUT2D eigenvalue weighted by atomic mass is 32.1. The maximum Gasteiger partial charge on any atom is 0.0755 e. The lowest BCUT2D eigenvalue weighted by Gasteiger charge is -2.45. The van der Waals surface area contributed by atoms with Crippen molar-refractivity contribution in [2.45, 2.75) is 5.41 Å². The molecule has 272 valence electrons. The molecule has 3 heteroatoms. The van der Waals surface area contributed by atoms with Crippen LogP contribution in [-0.4, -0.2) is 0 Å². The smallest absolute Gasteiger partial charge is 0.0755 e. The molecule has 1 aliphatic heterocycles. The van der Waals surface area contributed by atoms with Crippen LogP contribution in [0.1, 0.15) is 22.3 Å². The molecule has 58 heavy (non-hydrogen) atoms. The lowest BCUT2D eigenvalue weighted by molar-refractivity contribution is 0.754. The molecule has 1 atom stereocenters. The molecule has 0 N–H and O–H groups in total. The van der Waals surface area contributed by atoms with Crippen LogP contribution in [0.4, 0.5) is 34.1 Å². The van der Waals surface area contributed by atoms with Crippen molar-refractivity contribution >= 4 is 65.6 Å². The van der Waals surface area contributed by atoms with Crippen molar-refractivity contribution in [3.05, 3.63) is 241 Å². The van der Waals surface area contributed by atoms with Crippen molar-refractivity contribution in [3.8, 4) is 22.3 Å². The Morgan fingerprint density at radius 2 is 1.09 bits per heavy atom. The molecular weight excluding hydrogens is 721 g/mol. The zero-order valence-electron chi connectivity index (χ0n) is 31.6. The van der Waals surface area contributed by atoms with Crippen LogP contribution in [0, 0.1) is 0 Å². The van der Waals surface area contributed by atoms with Gasteiger partial charge in [0.05, 0.1) is 27.2 Å². The van der Waals surface area contributed by atoms with Gasteiger partial charge in [0.1, 0.15) is 0 Å². The second-order valence-electron chi connectivity index (χ2n) is 15.2. The van der Waals surface area contributed by atoms with Gasteiger partial charge >= 0.3 is 0 Å². The second kappa shape index (κ2) is 12.9. The number of para-hydroxylation sites is 3. The van der Waals surface area contributed by atoms with E-state index in [0.29, 0.717) is 0 Å². The van der Waals surface area contributed by atoms with Gasteiger partial charge in [-0.05, 0) is 88.0 Å². The van der Waals surface area contributed by atoms with E-state index in [4.69, 9.17) is 0 Å². The molecule has 0 saturated heterocycles. The van der Waals surface area contributed by atoms with E-state index in [-0.39, 0.29) is 0 Å². The Labute approximate surface area is 342 Å². The molecule has 0 fully saturated rings. The Hall–Kier alpha value is -7.20. The first kappa shape index (κ1) is 33.0. The Balaban J connectivity index is 1.20. The first-order chi connectivity index (χ1) is 28.8. The van der Waals surface area contributed by atoms with Gasteiger partial charge in [0.25, 0.3) is 0 Å². The van der Waals surface area contributed by atoms with Crippen LogP contribution in [0.5, 0.6) is 0 Å². The number of anilines is 6. The van der Waals surface area contributed by atoms with Crippen LogP contribution in [0.3, 0.4) is 0 Å². The number of hydrogen-bond donors (Lipinski definition) is 0. The van der Waals surface area contributed by atoms with Crippen LogP contribution in [0.25, 0.3) is 42.4 Å². The highest BCUT2D eigenvalue weighted by molar-refractivity contribution is 7.26. The molecule has 1 unspecified atom stereocenters. The molecule has 2 nitrogen and oxygen atoms in total. The number of rotatable bonds is 6. The zero-order chi connectivity index (χ0) is 38.2. The van der Waals surface area contributed by atoms with Gasteiger partial charge in [-0.15, -0.1) is 11.3 Å². The molecule has 0 bridgehead atoms. The quantitative estimate of drug-likeness (QED) is 0.167. The van der Waals surface area contributed by atoms with Crippen molar-refractivity contribution in [1.29, 1.82) is 0 Å². The number of hydrogen-bond acceptors (Lipinski definition) is 3. The maximum absolute atomic E-state index is 2.52. The van der Waals surface area contributed by atoms with E-state index in [1.807, 2.05) is 11.3 Å². The summed E-state index contributed by atoms with van der Waals surface area (Å²) >= 11 is 1.87. The number of nitrogens with zero attached hydrogens (tertiary/aromatic N) is 2. The molecule has 0 saturated carbocycles. The fourth-order valence-electron chi connectivity index (χ4n) is 9.92. The van der Waals surface area contributed by atoms with E-state index in [1.54, 1.807) is 0 Å². The standard InChI is InChI=1S/C55H36N2S/c1-5-18-37(19-6-1)42-34-35-45-43-33-32-41(56(39-22-9-3-10-23-39)50-30-17-27-46-44-26-13-16-31-51(44)58-54(46)50)36-48(43)55(38-20-7-2-8-21-38)47-28-14-15-29-49(47)57(53(42)52(45)55)40-24-11-4-12-25-40/h1-36H. The van der Waals surface area contributed by atoms with Gasteiger partial charge in [0.15, 0.2) is 0 Å². The van der Waals surface area contributed by atoms with Gasteiger partial charge in [0.2, 0.25) is 0 Å². The van der Waals surface area contributed by atoms with E-state index in [2.05, 4.69) is 228 Å². The molecule has 1 aliphatic carbocycles. The predicted molar refractivity (Wildman–Crippen MR) is 245 cm³/mol. The van der Waals surface area contributed by atoms with Crippen LogP contribution in [-0.2, 0) is 5.41 Å². The summed E-state index contributed by atoms with van der Waals surface area (Å²) in [4.78, 5) is 4.99. The molecule has 12 rings (SSSR count). The van der Waals surface area contributed by atoms with Gasteiger partial charge in [0, 0.05) is 43.7 Å². The summed E-state index contributed by atoms with van der Waals surface area (Å²) in [5, 5.41) is 2.59. The van der Waals surface area contributed by atoms with Crippen molar-refractivity contribution in [2.24, 2.45) is 0 Å². The average Bonchev–Trinajstić information content (AvgIpc) is 3.83. The third-order valence-electron chi connectivity index (χ3n) is 12.2. The second-order valence-corrected chi connectivity index (χ2v) is 16.3. The lowest BCUT2D eigenvalue weighted by atomic mass is 9.64. The molecule has 1 aromatic heterocycles. The van der Waals surface area contributed by atoms with E-state index in [1.165, 1.54) is 81.7 Å². The predicted octanol–water partition coefficient (Wildman–Crippen LogP) is 15.3. The third-order valence-corrected chi connectivity index (χ3v) is 13.4. The van der Waals surface area contributed by atoms with Crippen molar-refractivity contribution in [2.75, 3.05) is 9.80 Å². The molecule has 0 amide bonds. The Bertz CT molecular complexity index is 3170. The minimum atomic E-state index is -0.601. The SMILES string of the molecule is c1ccc(-c2ccc3c4c2N(c2ccccc2)c2ccccc2C4(c2ccccc2)c2cc(N(c4ccccc4)c4cccc5c4sc4ccccc45)ccc2-3)cc1. The highest BCUT2D eigenvalue weighted by Gasteiger charge is 2.53. The third kappa shape index (κ3) is 4.65. The Morgan fingerprint density at radius 3 is 1.90 bits per heavy atom. The average molecular weight is 757 g/mol. The zero-order valence-corrected chi connectivity index (χ0v) is 32.4. The van der Waals surface area contributed by atoms with E-state index < -0.39 is 5.41 Å². The molecule has 2 heterocycles. The van der Waals surface area contributed by atoms with E-state index in [9.17, 15) is 0 Å². The molecule has 0 spiro atoms. The first-order valence-electron chi connectivity index (χ1n) is 19.9. The molecule has 2 aliphatic rings. The molecular formula is C55H36N2S.